The lowest BCUT2D eigenvalue weighted by Crippen LogP contribution is -2.31. The van der Waals surface area contributed by atoms with Crippen LogP contribution in [-0.4, -0.2) is 22.1 Å². The summed E-state index contributed by atoms with van der Waals surface area (Å²) in [5.41, 5.74) is 0.631. The quantitative estimate of drug-likeness (QED) is 0.566. The molecule has 2 aromatic carbocycles. The molecule has 2 unspecified atom stereocenters. The van der Waals surface area contributed by atoms with Gasteiger partial charge in [0, 0.05) is 12.1 Å². The van der Waals surface area contributed by atoms with Crippen LogP contribution >= 0.6 is 0 Å². The van der Waals surface area contributed by atoms with Gasteiger partial charge in [0.1, 0.15) is 12.2 Å². The molecular formula is C18H18N2O6. The maximum atomic E-state index is 11.2. The van der Waals surface area contributed by atoms with Gasteiger partial charge in [-0.05, 0) is 43.9 Å². The molecular weight excluding hydrogens is 340 g/mol. The summed E-state index contributed by atoms with van der Waals surface area (Å²) in [6.07, 6.45) is 1.33. The Labute approximate surface area is 149 Å². The number of ether oxygens (including phenoxy) is 2. The Morgan fingerprint density at radius 3 is 2.12 bits per heavy atom. The zero-order chi connectivity index (χ0) is 18.7. The number of rotatable bonds is 6. The molecule has 1 aliphatic carbocycles. The molecule has 0 aromatic heterocycles. The van der Waals surface area contributed by atoms with Crippen molar-refractivity contribution in [1.82, 2.24) is 0 Å². The van der Waals surface area contributed by atoms with E-state index in [1.54, 1.807) is 30.3 Å². The number of para-hydroxylation sites is 2. The molecule has 2 atom stereocenters. The zero-order valence-corrected chi connectivity index (χ0v) is 14.2. The predicted molar refractivity (Wildman–Crippen MR) is 93.6 cm³/mol. The molecule has 8 heteroatoms. The lowest BCUT2D eigenvalue weighted by atomic mass is 10.2. The summed E-state index contributed by atoms with van der Waals surface area (Å²) < 4.78 is 11.7. The molecule has 0 saturated heterocycles. The van der Waals surface area contributed by atoms with E-state index in [0.717, 1.165) is 12.0 Å². The lowest BCUT2D eigenvalue weighted by molar-refractivity contribution is -0.386. The highest BCUT2D eigenvalue weighted by atomic mass is 16.6. The fourth-order valence-corrected chi connectivity index (χ4v) is 3.06. The first-order valence-electron chi connectivity index (χ1n) is 8.27. The Morgan fingerprint density at radius 2 is 1.46 bits per heavy atom. The normalized spacial score (nSPS) is 19.1. The van der Waals surface area contributed by atoms with E-state index in [0.29, 0.717) is 12.8 Å². The van der Waals surface area contributed by atoms with Crippen LogP contribution in [0.3, 0.4) is 0 Å². The zero-order valence-electron chi connectivity index (χ0n) is 14.2. The second kappa shape index (κ2) is 7.38. The van der Waals surface area contributed by atoms with Crippen molar-refractivity contribution in [1.29, 1.82) is 0 Å². The molecule has 2 aromatic rings. The highest BCUT2D eigenvalue weighted by Crippen LogP contribution is 2.35. The van der Waals surface area contributed by atoms with E-state index in [1.807, 2.05) is 6.92 Å². The number of hydrogen-bond acceptors (Lipinski definition) is 6. The molecule has 0 heterocycles. The summed E-state index contributed by atoms with van der Waals surface area (Å²) in [6.45, 7) is 1.83. The topological polar surface area (TPSA) is 105 Å². The standard InChI is InChI=1S/C18H18N2O6/c1-12-9-10-14(20(23)24)18(11-12)26-17-8-4-7-16(17)25-15-6-3-2-5-13(15)19(21)22/h2-3,5-6,9-11,16-17H,4,7-8H2,1H3. The highest BCUT2D eigenvalue weighted by Gasteiger charge is 2.34. The van der Waals surface area contributed by atoms with Crippen molar-refractivity contribution in [2.75, 3.05) is 0 Å². The van der Waals surface area contributed by atoms with Gasteiger partial charge in [0.05, 0.1) is 9.85 Å². The SMILES string of the molecule is Cc1ccc([N+](=O)[O-])c(OC2CCCC2Oc2ccccc2[N+](=O)[O-])c1. The number of hydrogen-bond donors (Lipinski definition) is 0. The minimum Gasteiger partial charge on any atom is -0.480 e. The molecule has 1 aliphatic rings. The van der Waals surface area contributed by atoms with Crippen molar-refractivity contribution in [3.05, 3.63) is 68.3 Å². The third-order valence-corrected chi connectivity index (χ3v) is 4.32. The van der Waals surface area contributed by atoms with E-state index in [4.69, 9.17) is 9.47 Å². The van der Waals surface area contributed by atoms with Crippen molar-refractivity contribution < 1.29 is 19.3 Å². The lowest BCUT2D eigenvalue weighted by Gasteiger charge is -2.22. The molecule has 8 nitrogen and oxygen atoms in total. The molecule has 1 saturated carbocycles. The van der Waals surface area contributed by atoms with Gasteiger partial charge in [-0.2, -0.15) is 0 Å². The molecule has 1 fully saturated rings. The van der Waals surface area contributed by atoms with Crippen LogP contribution in [0.15, 0.2) is 42.5 Å². The van der Waals surface area contributed by atoms with E-state index in [9.17, 15) is 20.2 Å². The number of nitrogens with zero attached hydrogens (tertiary/aromatic N) is 2. The van der Waals surface area contributed by atoms with Crippen LogP contribution in [-0.2, 0) is 0 Å². The summed E-state index contributed by atoms with van der Waals surface area (Å²) in [5, 5.41) is 22.4. The van der Waals surface area contributed by atoms with Crippen LogP contribution in [0.5, 0.6) is 11.5 Å². The molecule has 0 aliphatic heterocycles. The number of nitro benzene ring substituents is 2. The first-order valence-corrected chi connectivity index (χ1v) is 8.27. The first kappa shape index (κ1) is 17.7. The van der Waals surface area contributed by atoms with Crippen molar-refractivity contribution in [3.63, 3.8) is 0 Å². The number of benzene rings is 2. The Morgan fingerprint density at radius 1 is 0.885 bits per heavy atom. The molecule has 0 amide bonds. The minimum atomic E-state index is -0.494. The maximum absolute atomic E-state index is 11.2. The number of aryl methyl sites for hydroxylation is 1. The average molecular weight is 358 g/mol. The van der Waals surface area contributed by atoms with Gasteiger partial charge in [0.2, 0.25) is 0 Å². The second-order valence-electron chi connectivity index (χ2n) is 6.20. The predicted octanol–water partition coefficient (Wildman–Crippen LogP) is 4.19. The summed E-state index contributed by atoms with van der Waals surface area (Å²) in [5.74, 6) is 0.370. The van der Waals surface area contributed by atoms with Crippen molar-refractivity contribution >= 4 is 11.4 Å². The summed E-state index contributed by atoms with van der Waals surface area (Å²) >= 11 is 0. The fourth-order valence-electron chi connectivity index (χ4n) is 3.06. The molecule has 0 bridgehead atoms. The minimum absolute atomic E-state index is 0.105. The van der Waals surface area contributed by atoms with Crippen molar-refractivity contribution in [2.45, 2.75) is 38.4 Å². The largest absolute Gasteiger partial charge is 0.480 e. The fraction of sp³-hybridized carbons (Fsp3) is 0.333. The van der Waals surface area contributed by atoms with Gasteiger partial charge in [-0.3, -0.25) is 20.2 Å². The summed E-state index contributed by atoms with van der Waals surface area (Å²) in [7, 11) is 0. The second-order valence-corrected chi connectivity index (χ2v) is 6.20. The van der Waals surface area contributed by atoms with Gasteiger partial charge >= 0.3 is 11.4 Å². The van der Waals surface area contributed by atoms with E-state index >= 15 is 0 Å². The molecule has 0 radical (unpaired) electrons. The van der Waals surface area contributed by atoms with Gasteiger partial charge < -0.3 is 9.47 Å². The van der Waals surface area contributed by atoms with E-state index in [2.05, 4.69) is 0 Å². The van der Waals surface area contributed by atoms with Crippen molar-refractivity contribution in [3.8, 4) is 11.5 Å². The third kappa shape index (κ3) is 3.74. The van der Waals surface area contributed by atoms with Gasteiger partial charge in [0.25, 0.3) is 0 Å². The van der Waals surface area contributed by atoms with Crippen LogP contribution in [0.1, 0.15) is 24.8 Å². The van der Waals surface area contributed by atoms with Crippen LogP contribution < -0.4 is 9.47 Å². The van der Waals surface area contributed by atoms with Gasteiger partial charge in [-0.1, -0.05) is 18.2 Å². The first-order chi connectivity index (χ1) is 12.5. The Bertz CT molecular complexity index is 838. The molecule has 0 N–H and O–H groups in total. The van der Waals surface area contributed by atoms with Crippen molar-refractivity contribution in [2.24, 2.45) is 0 Å². The Kier molecular flexibility index (Phi) is 5.01. The van der Waals surface area contributed by atoms with E-state index in [-0.39, 0.29) is 22.9 Å². The summed E-state index contributed by atoms with van der Waals surface area (Å²) in [4.78, 5) is 21.4. The van der Waals surface area contributed by atoms with Crippen LogP contribution in [0.2, 0.25) is 0 Å². The van der Waals surface area contributed by atoms with Crippen LogP contribution in [0, 0.1) is 27.2 Å². The number of nitro groups is 2. The van der Waals surface area contributed by atoms with Crippen LogP contribution in [0.4, 0.5) is 11.4 Å². The molecule has 136 valence electrons. The third-order valence-electron chi connectivity index (χ3n) is 4.32. The van der Waals surface area contributed by atoms with Gasteiger partial charge in [0.15, 0.2) is 11.5 Å². The highest BCUT2D eigenvalue weighted by molar-refractivity contribution is 5.48. The molecule has 3 rings (SSSR count). The Hall–Kier alpha value is -3.16. The monoisotopic (exact) mass is 358 g/mol. The smallest absolute Gasteiger partial charge is 0.310 e. The summed E-state index contributed by atoms with van der Waals surface area (Å²) in [6, 6.07) is 10.9. The van der Waals surface area contributed by atoms with E-state index in [1.165, 1.54) is 12.1 Å². The van der Waals surface area contributed by atoms with Crippen LogP contribution in [0.25, 0.3) is 0 Å². The Balaban J connectivity index is 1.81. The molecule has 0 spiro atoms. The van der Waals surface area contributed by atoms with Gasteiger partial charge in [-0.25, -0.2) is 0 Å². The van der Waals surface area contributed by atoms with E-state index < -0.39 is 22.1 Å². The maximum Gasteiger partial charge on any atom is 0.310 e. The average Bonchev–Trinajstić information content (AvgIpc) is 3.02. The van der Waals surface area contributed by atoms with Gasteiger partial charge in [-0.15, -0.1) is 0 Å². The molecule has 26 heavy (non-hydrogen) atoms.